The predicted octanol–water partition coefficient (Wildman–Crippen LogP) is 3.86. The fraction of sp³-hybridized carbons (Fsp3) is 0.160. The lowest BCUT2D eigenvalue weighted by molar-refractivity contribution is -0.118. The number of thiocarbonyl (C=S) groups is 1. The van der Waals surface area contributed by atoms with E-state index in [9.17, 15) is 9.59 Å². The maximum absolute atomic E-state index is 12.7. The van der Waals surface area contributed by atoms with Crippen molar-refractivity contribution in [2.24, 2.45) is 0 Å². The summed E-state index contributed by atoms with van der Waals surface area (Å²) in [7, 11) is 1.57. The molecular weight excluding hydrogens is 454 g/mol. The number of amides is 2. The summed E-state index contributed by atoms with van der Waals surface area (Å²) in [5.41, 5.74) is 1.50. The average Bonchev–Trinajstić information content (AvgIpc) is 2.84. The van der Waals surface area contributed by atoms with Crippen LogP contribution in [0.5, 0.6) is 11.5 Å². The Kier molecular flexibility index (Phi) is 9.39. The molecule has 3 aromatic rings. The molecule has 0 aliphatic carbocycles. The van der Waals surface area contributed by atoms with Crippen LogP contribution < -0.4 is 25.4 Å². The van der Waals surface area contributed by atoms with Gasteiger partial charge in [-0.15, -0.1) is 0 Å². The monoisotopic (exact) mass is 479 g/mol. The minimum absolute atomic E-state index is 0.104. The molecule has 2 amide bonds. The highest BCUT2D eigenvalue weighted by Gasteiger charge is 2.14. The van der Waals surface area contributed by atoms with E-state index in [1.807, 2.05) is 18.2 Å². The SMILES string of the molecule is COCCOc1ccccc1C(=O)NC(=S)Nc1cccc(NC(=O)COc2ccccc2)c1. The fourth-order valence-electron chi connectivity index (χ4n) is 2.89. The van der Waals surface area contributed by atoms with E-state index < -0.39 is 5.91 Å². The molecule has 8 nitrogen and oxygen atoms in total. The number of methoxy groups -OCH3 is 1. The average molecular weight is 480 g/mol. The minimum atomic E-state index is -0.409. The van der Waals surface area contributed by atoms with Crippen LogP contribution in [0.4, 0.5) is 11.4 Å². The Morgan fingerprint density at radius 1 is 0.824 bits per heavy atom. The van der Waals surface area contributed by atoms with Crippen molar-refractivity contribution < 1.29 is 23.8 Å². The second kappa shape index (κ2) is 12.9. The van der Waals surface area contributed by atoms with E-state index in [1.165, 1.54) is 0 Å². The Balaban J connectivity index is 1.53. The van der Waals surface area contributed by atoms with Gasteiger partial charge in [0.05, 0.1) is 12.2 Å². The van der Waals surface area contributed by atoms with Gasteiger partial charge in [-0.05, 0) is 54.7 Å². The highest BCUT2D eigenvalue weighted by atomic mass is 32.1. The smallest absolute Gasteiger partial charge is 0.262 e. The van der Waals surface area contributed by atoms with Crippen LogP contribution in [0.25, 0.3) is 0 Å². The number of nitrogens with one attached hydrogen (secondary N) is 3. The number of para-hydroxylation sites is 2. The van der Waals surface area contributed by atoms with Gasteiger partial charge in [0.25, 0.3) is 11.8 Å². The quantitative estimate of drug-likeness (QED) is 0.300. The van der Waals surface area contributed by atoms with E-state index in [2.05, 4.69) is 16.0 Å². The molecule has 0 aromatic heterocycles. The highest BCUT2D eigenvalue weighted by molar-refractivity contribution is 7.80. The Labute approximate surface area is 203 Å². The molecule has 0 unspecified atom stereocenters. The van der Waals surface area contributed by atoms with E-state index in [-0.39, 0.29) is 17.6 Å². The molecule has 0 radical (unpaired) electrons. The van der Waals surface area contributed by atoms with Gasteiger partial charge in [0.2, 0.25) is 0 Å². The van der Waals surface area contributed by atoms with Crippen LogP contribution in [0.3, 0.4) is 0 Å². The highest BCUT2D eigenvalue weighted by Crippen LogP contribution is 2.19. The summed E-state index contributed by atoms with van der Waals surface area (Å²) in [5, 5.41) is 8.45. The number of rotatable bonds is 10. The predicted molar refractivity (Wildman–Crippen MR) is 135 cm³/mol. The van der Waals surface area contributed by atoms with Gasteiger partial charge in [-0.2, -0.15) is 0 Å². The van der Waals surface area contributed by atoms with Crippen molar-refractivity contribution in [2.75, 3.05) is 37.6 Å². The van der Waals surface area contributed by atoms with Gasteiger partial charge in [0.15, 0.2) is 11.7 Å². The summed E-state index contributed by atoms with van der Waals surface area (Å²) in [4.78, 5) is 24.9. The van der Waals surface area contributed by atoms with E-state index in [0.717, 1.165) is 0 Å². The molecular formula is C25H25N3O5S. The third-order valence-electron chi connectivity index (χ3n) is 4.42. The van der Waals surface area contributed by atoms with Crippen LogP contribution in [-0.4, -0.2) is 43.9 Å². The lowest BCUT2D eigenvalue weighted by Gasteiger charge is -2.13. The molecule has 0 fully saturated rings. The van der Waals surface area contributed by atoms with Crippen molar-refractivity contribution in [1.29, 1.82) is 0 Å². The molecule has 0 saturated heterocycles. The number of ether oxygens (including phenoxy) is 3. The number of benzene rings is 3. The standard InChI is InChI=1S/C25H25N3O5S/c1-31-14-15-32-22-13-6-5-12-21(22)24(30)28-25(34)27-19-9-7-8-18(16-19)26-23(29)17-33-20-10-3-2-4-11-20/h2-13,16H,14-15,17H2,1H3,(H,26,29)(H2,27,28,30,34). The summed E-state index contributed by atoms with van der Waals surface area (Å²) in [6.07, 6.45) is 0. The number of hydrogen-bond donors (Lipinski definition) is 3. The van der Waals surface area contributed by atoms with Crippen LogP contribution in [0.15, 0.2) is 78.9 Å². The molecule has 0 heterocycles. The van der Waals surface area contributed by atoms with Crippen molar-refractivity contribution in [1.82, 2.24) is 5.32 Å². The third-order valence-corrected chi connectivity index (χ3v) is 4.63. The van der Waals surface area contributed by atoms with Gasteiger partial charge >= 0.3 is 0 Å². The zero-order valence-corrected chi connectivity index (χ0v) is 19.4. The normalized spacial score (nSPS) is 10.1. The fourth-order valence-corrected chi connectivity index (χ4v) is 3.10. The Morgan fingerprint density at radius 2 is 1.53 bits per heavy atom. The lowest BCUT2D eigenvalue weighted by atomic mass is 10.2. The summed E-state index contributed by atoms with van der Waals surface area (Å²) in [6.45, 7) is 0.599. The van der Waals surface area contributed by atoms with Crippen LogP contribution >= 0.6 is 12.2 Å². The summed E-state index contributed by atoms with van der Waals surface area (Å²) < 4.78 is 16.0. The maximum Gasteiger partial charge on any atom is 0.262 e. The first kappa shape index (κ1) is 24.7. The third kappa shape index (κ3) is 7.88. The van der Waals surface area contributed by atoms with Gasteiger partial charge in [-0.1, -0.05) is 36.4 Å². The summed E-state index contributed by atoms with van der Waals surface area (Å²) >= 11 is 5.28. The van der Waals surface area contributed by atoms with Gasteiger partial charge in [0.1, 0.15) is 18.1 Å². The van der Waals surface area contributed by atoms with E-state index in [4.69, 9.17) is 26.4 Å². The van der Waals surface area contributed by atoms with Crippen LogP contribution in [0, 0.1) is 0 Å². The van der Waals surface area contributed by atoms with Gasteiger partial charge in [-0.25, -0.2) is 0 Å². The van der Waals surface area contributed by atoms with Crippen LogP contribution in [-0.2, 0) is 9.53 Å². The second-order valence-electron chi connectivity index (χ2n) is 6.98. The van der Waals surface area contributed by atoms with Gasteiger partial charge in [-0.3, -0.25) is 14.9 Å². The van der Waals surface area contributed by atoms with E-state index in [0.29, 0.717) is 41.7 Å². The van der Waals surface area contributed by atoms with Crippen molar-refractivity contribution in [3.05, 3.63) is 84.4 Å². The molecule has 0 aliphatic heterocycles. The summed E-state index contributed by atoms with van der Waals surface area (Å²) in [5.74, 6) is 0.331. The van der Waals surface area contributed by atoms with E-state index >= 15 is 0 Å². The molecule has 3 rings (SSSR count). The second-order valence-corrected chi connectivity index (χ2v) is 7.38. The molecule has 0 spiro atoms. The van der Waals surface area contributed by atoms with E-state index in [1.54, 1.807) is 67.8 Å². The van der Waals surface area contributed by atoms with Crippen LogP contribution in [0.1, 0.15) is 10.4 Å². The molecule has 0 atom stereocenters. The van der Waals surface area contributed by atoms with Crippen molar-refractivity contribution >= 4 is 40.5 Å². The summed E-state index contributed by atoms with van der Waals surface area (Å²) in [6, 6.07) is 22.9. The number of hydrogen-bond acceptors (Lipinski definition) is 6. The van der Waals surface area contributed by atoms with Gasteiger partial charge < -0.3 is 24.8 Å². The Hall–Kier alpha value is -3.95. The number of carbonyl (C=O) groups excluding carboxylic acids is 2. The topological polar surface area (TPSA) is 97.9 Å². The zero-order chi connectivity index (χ0) is 24.2. The lowest BCUT2D eigenvalue weighted by Crippen LogP contribution is -2.34. The molecule has 0 bridgehead atoms. The first-order valence-corrected chi connectivity index (χ1v) is 10.9. The molecule has 0 saturated carbocycles. The Morgan fingerprint density at radius 3 is 2.29 bits per heavy atom. The van der Waals surface area contributed by atoms with Crippen LogP contribution in [0.2, 0.25) is 0 Å². The minimum Gasteiger partial charge on any atom is -0.490 e. The first-order valence-electron chi connectivity index (χ1n) is 10.5. The zero-order valence-electron chi connectivity index (χ0n) is 18.6. The largest absolute Gasteiger partial charge is 0.490 e. The van der Waals surface area contributed by atoms with Gasteiger partial charge in [0, 0.05) is 18.5 Å². The molecule has 3 N–H and O–H groups in total. The van der Waals surface area contributed by atoms with Crippen molar-refractivity contribution in [3.8, 4) is 11.5 Å². The number of anilines is 2. The first-order chi connectivity index (χ1) is 16.5. The molecule has 0 aliphatic rings. The number of carbonyl (C=O) groups is 2. The maximum atomic E-state index is 12.7. The Bertz CT molecular complexity index is 1120. The molecule has 3 aromatic carbocycles. The van der Waals surface area contributed by atoms with Crippen molar-refractivity contribution in [2.45, 2.75) is 0 Å². The molecule has 34 heavy (non-hydrogen) atoms. The van der Waals surface area contributed by atoms with Crippen molar-refractivity contribution in [3.63, 3.8) is 0 Å². The molecule has 176 valence electrons. The molecule has 9 heteroatoms.